The monoisotopic (exact) mass is 348 g/mol. The number of aliphatic hydroxyl groups is 1. The molecule has 24 heavy (non-hydrogen) atoms. The lowest BCUT2D eigenvalue weighted by Gasteiger charge is -2.19. The van der Waals surface area contributed by atoms with Gasteiger partial charge >= 0.3 is 5.97 Å². The number of aliphatic hydroxyl groups excluding tert-OH is 1. The van der Waals surface area contributed by atoms with Crippen molar-refractivity contribution in [1.29, 1.82) is 0 Å². The van der Waals surface area contributed by atoms with E-state index < -0.39 is 6.10 Å². The molecular formula is C20H25ClO3. The molecule has 2 rings (SSSR count). The lowest BCUT2D eigenvalue weighted by atomic mass is 9.94. The summed E-state index contributed by atoms with van der Waals surface area (Å²) in [6.07, 6.45) is 9.72. The third kappa shape index (κ3) is 4.71. The van der Waals surface area contributed by atoms with Crippen LogP contribution in [0.25, 0.3) is 0 Å². The number of aryl methyl sites for hydroxylation is 2. The van der Waals surface area contributed by atoms with E-state index in [1.165, 1.54) is 0 Å². The first-order valence-corrected chi connectivity index (χ1v) is 8.77. The van der Waals surface area contributed by atoms with E-state index in [1.807, 2.05) is 39.0 Å². The fraction of sp³-hybridized carbons (Fsp3) is 0.450. The summed E-state index contributed by atoms with van der Waals surface area (Å²) < 4.78 is 5.58. The van der Waals surface area contributed by atoms with Crippen molar-refractivity contribution in [2.75, 3.05) is 0 Å². The first kappa shape index (κ1) is 18.8. The van der Waals surface area contributed by atoms with Gasteiger partial charge in [0.1, 0.15) is 6.10 Å². The summed E-state index contributed by atoms with van der Waals surface area (Å²) in [6.45, 7) is 5.66. The van der Waals surface area contributed by atoms with Crippen LogP contribution in [0.4, 0.5) is 0 Å². The Morgan fingerprint density at radius 3 is 2.62 bits per heavy atom. The number of carbonyl (C=O) groups is 1. The van der Waals surface area contributed by atoms with Crippen LogP contribution in [0.2, 0.25) is 5.02 Å². The van der Waals surface area contributed by atoms with E-state index in [1.54, 1.807) is 6.08 Å². The number of ether oxygens (including phenoxy) is 1. The van der Waals surface area contributed by atoms with E-state index in [-0.39, 0.29) is 12.1 Å². The smallest absolute Gasteiger partial charge is 0.339 e. The second kappa shape index (κ2) is 8.50. The van der Waals surface area contributed by atoms with E-state index in [9.17, 15) is 9.90 Å². The molecule has 1 aromatic rings. The molecule has 1 aromatic carbocycles. The molecule has 0 aromatic heterocycles. The van der Waals surface area contributed by atoms with E-state index in [2.05, 4.69) is 6.08 Å². The molecule has 130 valence electrons. The lowest BCUT2D eigenvalue weighted by molar-refractivity contribution is 0.0345. The molecular weight excluding hydrogens is 324 g/mol. The van der Waals surface area contributed by atoms with E-state index in [4.69, 9.17) is 16.3 Å². The second-order valence-corrected chi connectivity index (χ2v) is 6.76. The Kier molecular flexibility index (Phi) is 6.64. The predicted molar refractivity (Wildman–Crippen MR) is 97.6 cm³/mol. The van der Waals surface area contributed by atoms with Crippen molar-refractivity contribution in [3.05, 3.63) is 57.6 Å². The Balaban J connectivity index is 2.47. The van der Waals surface area contributed by atoms with Gasteiger partial charge in [-0.05, 0) is 50.3 Å². The number of cyclic esters (lactones) is 1. The zero-order valence-corrected chi connectivity index (χ0v) is 15.3. The summed E-state index contributed by atoms with van der Waals surface area (Å²) in [7, 11) is 0. The number of carbonyl (C=O) groups excluding carboxylic acids is 1. The Morgan fingerprint density at radius 1 is 1.17 bits per heavy atom. The SMILES string of the molecule is Cc1cc(C)c2c(c1Cl)CC(O)/C=C/CC/C=C/C[C@@H](C)OC2=O. The number of rotatable bonds is 0. The fourth-order valence-electron chi connectivity index (χ4n) is 2.94. The highest BCUT2D eigenvalue weighted by Gasteiger charge is 2.23. The van der Waals surface area contributed by atoms with Gasteiger partial charge in [-0.3, -0.25) is 0 Å². The average molecular weight is 349 g/mol. The third-order valence-electron chi connectivity index (χ3n) is 4.16. The van der Waals surface area contributed by atoms with Gasteiger partial charge in [0.15, 0.2) is 0 Å². The molecule has 3 nitrogen and oxygen atoms in total. The van der Waals surface area contributed by atoms with Crippen LogP contribution < -0.4 is 0 Å². The molecule has 0 saturated carbocycles. The summed E-state index contributed by atoms with van der Waals surface area (Å²) in [5.74, 6) is -0.376. The van der Waals surface area contributed by atoms with E-state index in [0.717, 1.165) is 24.0 Å². The lowest BCUT2D eigenvalue weighted by Crippen LogP contribution is -2.19. The molecule has 1 aliphatic heterocycles. The average Bonchev–Trinajstić information content (AvgIpc) is 2.50. The van der Waals surface area contributed by atoms with E-state index >= 15 is 0 Å². The highest BCUT2D eigenvalue weighted by atomic mass is 35.5. The molecule has 0 aliphatic carbocycles. The van der Waals surface area contributed by atoms with Gasteiger partial charge < -0.3 is 9.84 Å². The largest absolute Gasteiger partial charge is 0.459 e. The summed E-state index contributed by atoms with van der Waals surface area (Å²) in [5.41, 5.74) is 2.86. The number of hydrogen-bond acceptors (Lipinski definition) is 3. The molecule has 0 radical (unpaired) electrons. The Labute approximate surface area is 149 Å². The molecule has 0 fully saturated rings. The molecule has 1 heterocycles. The van der Waals surface area contributed by atoms with Crippen LogP contribution in [0.15, 0.2) is 30.4 Å². The summed E-state index contributed by atoms with van der Waals surface area (Å²) in [4.78, 5) is 12.7. The first-order valence-electron chi connectivity index (χ1n) is 8.39. The standard InChI is InChI=1S/C20H25ClO3/c1-13-11-14(2)19(21)17-12-16(22)10-8-6-4-5-7-9-15(3)24-20(23)18(13)17/h5,7-8,10-11,15-16,22H,4,6,9,12H2,1-3H3/b7-5+,10-8+/t15-,16?/m1/s1. The van der Waals surface area contributed by atoms with Gasteiger partial charge in [-0.15, -0.1) is 0 Å². The molecule has 4 heteroatoms. The molecule has 2 atom stereocenters. The number of benzene rings is 1. The summed E-state index contributed by atoms with van der Waals surface area (Å²) >= 11 is 6.45. The van der Waals surface area contributed by atoms with Crippen molar-refractivity contribution in [2.45, 2.75) is 58.7 Å². The van der Waals surface area contributed by atoms with Crippen molar-refractivity contribution in [1.82, 2.24) is 0 Å². The topological polar surface area (TPSA) is 46.5 Å². The van der Waals surface area contributed by atoms with Gasteiger partial charge in [0, 0.05) is 17.9 Å². The van der Waals surface area contributed by atoms with Crippen molar-refractivity contribution in [3.63, 3.8) is 0 Å². The van der Waals surface area contributed by atoms with Crippen LogP contribution in [-0.2, 0) is 11.2 Å². The van der Waals surface area contributed by atoms with Crippen LogP contribution in [0, 0.1) is 13.8 Å². The van der Waals surface area contributed by atoms with Crippen molar-refractivity contribution in [3.8, 4) is 0 Å². The van der Waals surface area contributed by atoms with Crippen molar-refractivity contribution in [2.24, 2.45) is 0 Å². The van der Waals surface area contributed by atoms with Gasteiger partial charge in [0.25, 0.3) is 0 Å². The van der Waals surface area contributed by atoms with Gasteiger partial charge in [-0.1, -0.05) is 42.0 Å². The molecule has 0 spiro atoms. The number of allylic oxidation sites excluding steroid dienone is 2. The first-order chi connectivity index (χ1) is 11.4. The zero-order valence-electron chi connectivity index (χ0n) is 14.5. The molecule has 1 unspecified atom stereocenters. The van der Waals surface area contributed by atoms with Crippen LogP contribution >= 0.6 is 11.6 Å². The Morgan fingerprint density at radius 2 is 1.88 bits per heavy atom. The van der Waals surface area contributed by atoms with Crippen molar-refractivity contribution < 1.29 is 14.6 Å². The normalized spacial score (nSPS) is 25.3. The van der Waals surface area contributed by atoms with Crippen LogP contribution in [0.1, 0.15) is 53.2 Å². The van der Waals surface area contributed by atoms with Crippen LogP contribution in [0.3, 0.4) is 0 Å². The number of fused-ring (bicyclic) bond motifs is 1. The van der Waals surface area contributed by atoms with Gasteiger partial charge in [0.2, 0.25) is 0 Å². The molecule has 1 aliphatic rings. The quantitative estimate of drug-likeness (QED) is 0.546. The highest BCUT2D eigenvalue weighted by molar-refractivity contribution is 6.32. The minimum absolute atomic E-state index is 0.204. The van der Waals surface area contributed by atoms with Gasteiger partial charge in [-0.25, -0.2) is 4.79 Å². The predicted octanol–water partition coefficient (Wildman–Crippen LogP) is 4.70. The van der Waals surface area contributed by atoms with Crippen molar-refractivity contribution >= 4 is 17.6 Å². The van der Waals surface area contributed by atoms with Crippen LogP contribution in [-0.4, -0.2) is 23.3 Å². The third-order valence-corrected chi connectivity index (χ3v) is 4.69. The minimum Gasteiger partial charge on any atom is -0.459 e. The molecule has 0 amide bonds. The summed E-state index contributed by atoms with van der Waals surface area (Å²) in [5, 5.41) is 10.8. The molecule has 0 saturated heterocycles. The molecule has 0 bridgehead atoms. The maximum Gasteiger partial charge on any atom is 0.339 e. The second-order valence-electron chi connectivity index (χ2n) is 6.38. The number of halogens is 1. The maximum atomic E-state index is 12.7. The fourth-order valence-corrected chi connectivity index (χ4v) is 3.17. The zero-order chi connectivity index (χ0) is 17.7. The summed E-state index contributed by atoms with van der Waals surface area (Å²) in [6, 6.07) is 1.89. The Bertz CT molecular complexity index is 661. The molecule has 1 N–H and O–H groups in total. The van der Waals surface area contributed by atoms with Gasteiger partial charge in [0.05, 0.1) is 11.7 Å². The van der Waals surface area contributed by atoms with Gasteiger partial charge in [-0.2, -0.15) is 0 Å². The number of hydrogen-bond donors (Lipinski definition) is 1. The van der Waals surface area contributed by atoms with Crippen LogP contribution in [0.5, 0.6) is 0 Å². The number of esters is 1. The Hall–Kier alpha value is -1.58. The maximum absolute atomic E-state index is 12.7. The minimum atomic E-state index is -0.681. The highest BCUT2D eigenvalue weighted by Crippen LogP contribution is 2.30. The van der Waals surface area contributed by atoms with E-state index in [0.29, 0.717) is 29.0 Å².